The van der Waals surface area contributed by atoms with Crippen LogP contribution in [0.5, 0.6) is 5.75 Å². The molecule has 0 atom stereocenters. The molecule has 2 aliphatic heterocycles. The average molecular weight is 642 g/mol. The van der Waals surface area contributed by atoms with Crippen molar-refractivity contribution in [2.45, 2.75) is 26.2 Å². The summed E-state index contributed by atoms with van der Waals surface area (Å²) in [5, 5.41) is 6.18. The van der Waals surface area contributed by atoms with Crippen LogP contribution in [0.25, 0.3) is 0 Å². The van der Waals surface area contributed by atoms with Crippen molar-refractivity contribution in [2.24, 2.45) is 0 Å². The summed E-state index contributed by atoms with van der Waals surface area (Å²) < 4.78 is 6.73. The highest BCUT2D eigenvalue weighted by Gasteiger charge is 2.28. The number of hydrogen-bond acceptors (Lipinski definition) is 7. The zero-order chi connectivity index (χ0) is 29.8. The van der Waals surface area contributed by atoms with Gasteiger partial charge in [-0.3, -0.25) is 14.5 Å². The van der Waals surface area contributed by atoms with Gasteiger partial charge in [-0.25, -0.2) is 9.97 Å². The molecular weight excluding hydrogens is 608 g/mol. The topological polar surface area (TPSA) is 99.7 Å². The highest BCUT2D eigenvalue weighted by molar-refractivity contribution is 9.10. The monoisotopic (exact) mass is 640 g/mol. The van der Waals surface area contributed by atoms with Crippen molar-refractivity contribution in [3.8, 4) is 5.75 Å². The molecule has 0 bridgehead atoms. The Kier molecular flexibility index (Phi) is 8.67. The number of amides is 2. The molecule has 10 heteroatoms. The molecule has 2 amide bonds. The lowest BCUT2D eigenvalue weighted by atomic mass is 10.0. The zero-order valence-corrected chi connectivity index (χ0v) is 25.6. The van der Waals surface area contributed by atoms with E-state index in [1.54, 1.807) is 23.2 Å². The molecule has 9 nitrogen and oxygen atoms in total. The van der Waals surface area contributed by atoms with Gasteiger partial charge in [0.2, 0.25) is 5.95 Å². The van der Waals surface area contributed by atoms with Crippen LogP contribution < -0.4 is 20.3 Å². The standard InChI is InChI=1S/C33H33BrN6O3/c1-22-7-8-26(36-31(41)23-5-4-6-24(34)19-23)20-30(22)40-16-13-29-28(32(40)42)21-35-33(38-29)37-25-9-11-27(12-10-25)43-18-17-39-14-2-3-15-39/h4-12,19-21H,2-3,13-18H2,1H3,(H,36,41)(H,35,37,38). The maximum absolute atomic E-state index is 13.6. The molecule has 2 N–H and O–H groups in total. The van der Waals surface area contributed by atoms with Gasteiger partial charge in [-0.05, 0) is 93.0 Å². The lowest BCUT2D eigenvalue weighted by Gasteiger charge is -2.29. The number of aromatic nitrogens is 2. The summed E-state index contributed by atoms with van der Waals surface area (Å²) in [5.74, 6) is 0.881. The number of ether oxygens (including phenoxy) is 1. The molecule has 0 spiro atoms. The van der Waals surface area contributed by atoms with Crippen molar-refractivity contribution in [1.82, 2.24) is 14.9 Å². The number of carbonyl (C=O) groups excluding carboxylic acids is 2. The van der Waals surface area contributed by atoms with E-state index in [0.717, 1.165) is 46.8 Å². The minimum atomic E-state index is -0.223. The van der Waals surface area contributed by atoms with Crippen molar-refractivity contribution in [2.75, 3.05) is 48.3 Å². The second kappa shape index (κ2) is 12.9. The molecule has 43 heavy (non-hydrogen) atoms. The van der Waals surface area contributed by atoms with Crippen molar-refractivity contribution in [3.63, 3.8) is 0 Å². The lowest BCUT2D eigenvalue weighted by molar-refractivity contribution is 0.0978. The lowest BCUT2D eigenvalue weighted by Crippen LogP contribution is -2.38. The van der Waals surface area contributed by atoms with Gasteiger partial charge >= 0.3 is 0 Å². The minimum absolute atomic E-state index is 0.165. The number of carbonyl (C=O) groups is 2. The third-order valence-electron chi connectivity index (χ3n) is 7.75. The number of likely N-dealkylation sites (tertiary alicyclic amines) is 1. The quantitative estimate of drug-likeness (QED) is 0.224. The van der Waals surface area contributed by atoms with Crippen LogP contribution in [0, 0.1) is 6.92 Å². The molecule has 1 aromatic heterocycles. The molecule has 0 unspecified atom stereocenters. The van der Waals surface area contributed by atoms with Gasteiger partial charge in [0, 0.05) is 52.8 Å². The van der Waals surface area contributed by atoms with E-state index >= 15 is 0 Å². The van der Waals surface area contributed by atoms with Crippen molar-refractivity contribution in [3.05, 3.63) is 99.8 Å². The van der Waals surface area contributed by atoms with Crippen LogP contribution in [0.3, 0.4) is 0 Å². The summed E-state index contributed by atoms with van der Waals surface area (Å²) >= 11 is 3.40. The SMILES string of the molecule is Cc1ccc(NC(=O)c2cccc(Br)c2)cc1N1CCc2nc(Nc3ccc(OCCN4CCCC4)cc3)ncc2C1=O. The van der Waals surface area contributed by atoms with E-state index in [1.165, 1.54) is 12.8 Å². The van der Waals surface area contributed by atoms with E-state index in [0.29, 0.717) is 48.0 Å². The highest BCUT2D eigenvalue weighted by Crippen LogP contribution is 2.30. The number of nitrogens with zero attached hydrogens (tertiary/aromatic N) is 4. The predicted octanol–water partition coefficient (Wildman–Crippen LogP) is 6.22. The van der Waals surface area contributed by atoms with E-state index in [9.17, 15) is 9.59 Å². The molecule has 3 aromatic carbocycles. The van der Waals surface area contributed by atoms with E-state index in [2.05, 4.69) is 41.4 Å². The fourth-order valence-electron chi connectivity index (χ4n) is 5.41. The predicted molar refractivity (Wildman–Crippen MR) is 172 cm³/mol. The van der Waals surface area contributed by atoms with Crippen LogP contribution in [0.2, 0.25) is 0 Å². The van der Waals surface area contributed by atoms with Gasteiger partial charge in [-0.2, -0.15) is 0 Å². The van der Waals surface area contributed by atoms with Gasteiger partial charge in [0.15, 0.2) is 0 Å². The molecule has 3 heterocycles. The Balaban J connectivity index is 1.10. The summed E-state index contributed by atoms with van der Waals surface area (Å²) in [5.41, 5.74) is 4.85. The zero-order valence-electron chi connectivity index (χ0n) is 24.0. The number of fused-ring (bicyclic) bond motifs is 1. The summed E-state index contributed by atoms with van der Waals surface area (Å²) in [4.78, 5) is 39.6. The normalized spacial score (nSPS) is 14.8. The Morgan fingerprint density at radius 1 is 1.00 bits per heavy atom. The third-order valence-corrected chi connectivity index (χ3v) is 8.24. The number of benzene rings is 3. The van der Waals surface area contributed by atoms with Crippen LogP contribution in [0.15, 0.2) is 77.4 Å². The van der Waals surface area contributed by atoms with Gasteiger partial charge < -0.3 is 20.3 Å². The first-order chi connectivity index (χ1) is 20.9. The molecule has 0 aliphatic carbocycles. The Labute approximate surface area is 259 Å². The largest absolute Gasteiger partial charge is 0.492 e. The summed E-state index contributed by atoms with van der Waals surface area (Å²) in [6, 6.07) is 20.5. The first kappa shape index (κ1) is 28.8. The Hall–Kier alpha value is -4.28. The Bertz CT molecular complexity index is 1640. The van der Waals surface area contributed by atoms with Crippen LogP contribution in [-0.2, 0) is 6.42 Å². The third kappa shape index (κ3) is 6.87. The van der Waals surface area contributed by atoms with E-state index in [-0.39, 0.29) is 11.8 Å². The van der Waals surface area contributed by atoms with E-state index in [1.807, 2.05) is 61.5 Å². The van der Waals surface area contributed by atoms with Gasteiger partial charge in [-0.15, -0.1) is 0 Å². The Morgan fingerprint density at radius 3 is 2.58 bits per heavy atom. The molecular formula is C33H33BrN6O3. The maximum Gasteiger partial charge on any atom is 0.261 e. The van der Waals surface area contributed by atoms with Crippen molar-refractivity contribution >= 4 is 50.8 Å². The fourth-order valence-corrected chi connectivity index (χ4v) is 5.81. The van der Waals surface area contributed by atoms with Gasteiger partial charge in [-0.1, -0.05) is 28.1 Å². The summed E-state index contributed by atoms with van der Waals surface area (Å²) in [7, 11) is 0. The number of rotatable bonds is 9. The molecule has 220 valence electrons. The molecule has 6 rings (SSSR count). The van der Waals surface area contributed by atoms with Gasteiger partial charge in [0.1, 0.15) is 12.4 Å². The number of anilines is 4. The molecule has 1 fully saturated rings. The minimum Gasteiger partial charge on any atom is -0.492 e. The number of hydrogen-bond donors (Lipinski definition) is 2. The van der Waals surface area contributed by atoms with Gasteiger partial charge in [0.05, 0.1) is 11.3 Å². The maximum atomic E-state index is 13.6. The summed E-state index contributed by atoms with van der Waals surface area (Å²) in [6.45, 7) is 6.37. The summed E-state index contributed by atoms with van der Waals surface area (Å²) in [6.07, 6.45) is 4.72. The molecule has 2 aliphatic rings. The van der Waals surface area contributed by atoms with Crippen LogP contribution in [0.1, 0.15) is 44.8 Å². The number of nitrogens with one attached hydrogen (secondary N) is 2. The van der Waals surface area contributed by atoms with Crippen LogP contribution >= 0.6 is 15.9 Å². The second-order valence-electron chi connectivity index (χ2n) is 10.8. The molecule has 0 saturated carbocycles. The fraction of sp³-hybridized carbons (Fsp3) is 0.273. The van der Waals surface area contributed by atoms with Crippen LogP contribution in [0.4, 0.5) is 23.0 Å². The second-order valence-corrected chi connectivity index (χ2v) is 11.7. The van der Waals surface area contributed by atoms with Crippen molar-refractivity contribution in [1.29, 1.82) is 0 Å². The van der Waals surface area contributed by atoms with E-state index < -0.39 is 0 Å². The van der Waals surface area contributed by atoms with Gasteiger partial charge in [0.25, 0.3) is 11.8 Å². The average Bonchev–Trinajstić information content (AvgIpc) is 3.53. The molecule has 0 radical (unpaired) electrons. The Morgan fingerprint density at radius 2 is 1.79 bits per heavy atom. The molecule has 1 saturated heterocycles. The smallest absolute Gasteiger partial charge is 0.261 e. The first-order valence-electron chi connectivity index (χ1n) is 14.5. The van der Waals surface area contributed by atoms with Crippen molar-refractivity contribution < 1.29 is 14.3 Å². The number of aryl methyl sites for hydroxylation is 1. The first-order valence-corrected chi connectivity index (χ1v) is 15.3. The van der Waals surface area contributed by atoms with E-state index in [4.69, 9.17) is 4.74 Å². The highest BCUT2D eigenvalue weighted by atomic mass is 79.9. The number of halogens is 1. The van der Waals surface area contributed by atoms with Crippen LogP contribution in [-0.4, -0.2) is 59.5 Å². The molecule has 4 aromatic rings.